The van der Waals surface area contributed by atoms with Crippen molar-refractivity contribution in [2.45, 2.75) is 6.92 Å². The summed E-state index contributed by atoms with van der Waals surface area (Å²) in [5.41, 5.74) is 4.85. The third-order valence-corrected chi connectivity index (χ3v) is 2.65. The Balaban J connectivity index is 0. The molecular formula is C4H15NO6P2. The van der Waals surface area contributed by atoms with Crippen LogP contribution in [0.1, 0.15) is 6.92 Å². The van der Waals surface area contributed by atoms with Crippen LogP contribution in [0.2, 0.25) is 0 Å². The van der Waals surface area contributed by atoms with Gasteiger partial charge in [0.15, 0.2) is 0 Å². The molecule has 0 aromatic heterocycles. The van der Waals surface area contributed by atoms with E-state index in [2.05, 4.69) is 0 Å². The third kappa shape index (κ3) is 24.5. The maximum atomic E-state index is 10.0. The molecule has 0 atom stereocenters. The molecule has 6 N–H and O–H groups in total. The molecule has 0 aromatic carbocycles. The molecule has 0 rings (SSSR count). The second-order valence-corrected chi connectivity index (χ2v) is 5.74. The first-order valence-electron chi connectivity index (χ1n) is 3.41. The zero-order valence-electron chi connectivity index (χ0n) is 7.20. The van der Waals surface area contributed by atoms with Crippen LogP contribution >= 0.6 is 15.2 Å². The number of hydrogen-bond donors (Lipinski definition) is 5. The molecule has 0 saturated carbocycles. The normalized spacial score (nSPS) is 11.8. The van der Waals surface area contributed by atoms with E-state index in [1.54, 1.807) is 0 Å². The van der Waals surface area contributed by atoms with Gasteiger partial charge in [-0.05, 0) is 6.54 Å². The summed E-state index contributed by atoms with van der Waals surface area (Å²) in [6.07, 6.45) is -1.53. The molecule has 0 heterocycles. The van der Waals surface area contributed by atoms with E-state index in [0.717, 1.165) is 6.54 Å². The number of rotatable bonds is 3. The summed E-state index contributed by atoms with van der Waals surface area (Å²) < 4.78 is 20.1. The van der Waals surface area contributed by atoms with Crippen LogP contribution < -0.4 is 5.73 Å². The minimum Gasteiger partial charge on any atom is -0.331 e. The lowest BCUT2D eigenvalue weighted by atomic mass is 10.8. The molecule has 0 aliphatic heterocycles. The van der Waals surface area contributed by atoms with E-state index in [0.29, 0.717) is 0 Å². The highest BCUT2D eigenvalue weighted by atomic mass is 31.2. The molecule has 0 spiro atoms. The van der Waals surface area contributed by atoms with Crippen LogP contribution in [0.25, 0.3) is 0 Å². The largest absolute Gasteiger partial charge is 0.331 e. The van der Waals surface area contributed by atoms with E-state index in [4.69, 9.17) is 25.3 Å². The average molecular weight is 235 g/mol. The van der Waals surface area contributed by atoms with Gasteiger partial charge in [-0.15, -0.1) is 0 Å². The van der Waals surface area contributed by atoms with Crippen LogP contribution in [0.4, 0.5) is 0 Å². The molecule has 7 nitrogen and oxygen atoms in total. The highest BCUT2D eigenvalue weighted by Gasteiger charge is 2.20. The lowest BCUT2D eigenvalue weighted by Crippen LogP contribution is -1.95. The second-order valence-electron chi connectivity index (χ2n) is 2.18. The standard InChI is InChI=1S/C2H7N.C2H8O6P2/c1-2-3;3-9(4,5)1-2-10(6,7)8/h2-3H2,1H3;1-2H2,(H2,3,4,5)(H2,6,7,8). The van der Waals surface area contributed by atoms with Gasteiger partial charge in [0.1, 0.15) is 0 Å². The summed E-state index contributed by atoms with van der Waals surface area (Å²) in [5.74, 6) is 0. The average Bonchev–Trinajstić information content (AvgIpc) is 1.82. The summed E-state index contributed by atoms with van der Waals surface area (Å²) in [6, 6.07) is 0. The Morgan fingerprint density at radius 2 is 1.15 bits per heavy atom. The van der Waals surface area contributed by atoms with Crippen molar-refractivity contribution in [3.8, 4) is 0 Å². The van der Waals surface area contributed by atoms with Crippen molar-refractivity contribution >= 4 is 15.2 Å². The lowest BCUT2D eigenvalue weighted by Gasteiger charge is -2.03. The zero-order valence-corrected chi connectivity index (χ0v) is 8.99. The van der Waals surface area contributed by atoms with Crippen molar-refractivity contribution in [1.29, 1.82) is 0 Å². The molecule has 0 aliphatic carbocycles. The molecule has 0 aliphatic rings. The number of nitrogens with two attached hydrogens (primary N) is 1. The van der Waals surface area contributed by atoms with E-state index in [-0.39, 0.29) is 0 Å². The van der Waals surface area contributed by atoms with Crippen LogP contribution in [-0.2, 0) is 9.13 Å². The quantitative estimate of drug-likeness (QED) is 0.407. The predicted octanol–water partition coefficient (Wildman–Crippen LogP) is -0.693. The molecule has 9 heteroatoms. The van der Waals surface area contributed by atoms with Gasteiger partial charge < -0.3 is 25.3 Å². The molecule has 82 valence electrons. The summed E-state index contributed by atoms with van der Waals surface area (Å²) in [7, 11) is -8.51. The highest BCUT2D eigenvalue weighted by Crippen LogP contribution is 2.42. The first kappa shape index (κ1) is 15.7. The Morgan fingerprint density at radius 1 is 1.00 bits per heavy atom. The molecular weight excluding hydrogens is 220 g/mol. The van der Waals surface area contributed by atoms with Crippen LogP contribution in [0.5, 0.6) is 0 Å². The van der Waals surface area contributed by atoms with Gasteiger partial charge in [-0.25, -0.2) is 0 Å². The topological polar surface area (TPSA) is 141 Å². The van der Waals surface area contributed by atoms with E-state index in [1.807, 2.05) is 6.92 Å². The summed E-state index contributed by atoms with van der Waals surface area (Å²) in [5, 5.41) is 0. The fourth-order valence-corrected chi connectivity index (χ4v) is 2.34. The maximum absolute atomic E-state index is 10.0. The SMILES string of the molecule is CCN.O=P(O)(O)CCP(=O)(O)O. The van der Waals surface area contributed by atoms with E-state index in [1.165, 1.54) is 0 Å². The van der Waals surface area contributed by atoms with E-state index >= 15 is 0 Å². The van der Waals surface area contributed by atoms with Gasteiger partial charge in [-0.1, -0.05) is 6.92 Å². The fraction of sp³-hybridized carbons (Fsp3) is 1.00. The van der Waals surface area contributed by atoms with Gasteiger partial charge in [0, 0.05) is 0 Å². The van der Waals surface area contributed by atoms with Crippen molar-refractivity contribution < 1.29 is 28.7 Å². The second kappa shape index (κ2) is 6.68. The Hall–Kier alpha value is 0.260. The maximum Gasteiger partial charge on any atom is 0.326 e. The Bertz CT molecular complexity index is 185. The van der Waals surface area contributed by atoms with Crippen LogP contribution in [0.3, 0.4) is 0 Å². The molecule has 0 unspecified atom stereocenters. The number of hydrogen-bond acceptors (Lipinski definition) is 3. The Morgan fingerprint density at radius 3 is 1.23 bits per heavy atom. The molecule has 0 radical (unpaired) electrons. The van der Waals surface area contributed by atoms with Gasteiger partial charge in [0.05, 0.1) is 12.3 Å². The summed E-state index contributed by atoms with van der Waals surface area (Å²) in [6.45, 7) is 2.65. The van der Waals surface area contributed by atoms with Gasteiger partial charge in [-0.3, -0.25) is 9.13 Å². The lowest BCUT2D eigenvalue weighted by molar-refractivity contribution is 0.360. The van der Waals surface area contributed by atoms with Crippen molar-refractivity contribution in [1.82, 2.24) is 0 Å². The minimum atomic E-state index is -4.25. The predicted molar refractivity (Wildman–Crippen MR) is 48.6 cm³/mol. The summed E-state index contributed by atoms with van der Waals surface area (Å²) >= 11 is 0. The minimum absolute atomic E-state index is 0.750. The summed E-state index contributed by atoms with van der Waals surface area (Å²) in [4.78, 5) is 32.6. The zero-order chi connectivity index (χ0) is 11.1. The first-order valence-corrected chi connectivity index (χ1v) is 7.01. The molecule has 0 aromatic rings. The molecule has 0 amide bonds. The van der Waals surface area contributed by atoms with Crippen LogP contribution in [-0.4, -0.2) is 38.4 Å². The van der Waals surface area contributed by atoms with Crippen LogP contribution in [0.15, 0.2) is 0 Å². The third-order valence-electron chi connectivity index (χ3n) is 0.683. The van der Waals surface area contributed by atoms with E-state index < -0.39 is 27.5 Å². The molecule has 0 bridgehead atoms. The fourth-order valence-electron chi connectivity index (χ4n) is 0.261. The van der Waals surface area contributed by atoms with Gasteiger partial charge >= 0.3 is 15.2 Å². The Labute approximate surface area is 76.3 Å². The van der Waals surface area contributed by atoms with Crippen LogP contribution in [0, 0.1) is 0 Å². The van der Waals surface area contributed by atoms with Crippen molar-refractivity contribution in [3.63, 3.8) is 0 Å². The molecule has 0 saturated heterocycles. The van der Waals surface area contributed by atoms with Gasteiger partial charge in [0.25, 0.3) is 0 Å². The Kier molecular flexibility index (Phi) is 8.07. The molecule has 13 heavy (non-hydrogen) atoms. The smallest absolute Gasteiger partial charge is 0.326 e. The monoisotopic (exact) mass is 235 g/mol. The highest BCUT2D eigenvalue weighted by molar-refractivity contribution is 7.56. The van der Waals surface area contributed by atoms with Gasteiger partial charge in [-0.2, -0.15) is 0 Å². The van der Waals surface area contributed by atoms with Crippen molar-refractivity contribution in [3.05, 3.63) is 0 Å². The molecule has 0 fully saturated rings. The van der Waals surface area contributed by atoms with Crippen molar-refractivity contribution in [2.75, 3.05) is 18.9 Å². The van der Waals surface area contributed by atoms with E-state index in [9.17, 15) is 9.13 Å². The first-order chi connectivity index (χ1) is 5.62. The van der Waals surface area contributed by atoms with Crippen molar-refractivity contribution in [2.24, 2.45) is 5.73 Å². The van der Waals surface area contributed by atoms with Gasteiger partial charge in [0.2, 0.25) is 0 Å².